The molecule has 0 unspecified atom stereocenters. The molecule has 0 saturated carbocycles. The number of benzene rings is 2. The summed E-state index contributed by atoms with van der Waals surface area (Å²) in [4.78, 5) is 11.9. The number of nitrogens with zero attached hydrogens (tertiary/aromatic N) is 1. The molecule has 1 N–H and O–H groups in total. The van der Waals surface area contributed by atoms with Crippen LogP contribution in [0.4, 0.5) is 0 Å². The summed E-state index contributed by atoms with van der Waals surface area (Å²) in [6.07, 6.45) is 7.62. The minimum absolute atomic E-state index is 0.269. The highest BCUT2D eigenvalue weighted by atomic mass is 35.5. The molecule has 2 rings (SSSR count). The largest absolute Gasteiger partial charge is 0.271 e. The summed E-state index contributed by atoms with van der Waals surface area (Å²) in [5.41, 5.74) is 4.85. The highest BCUT2D eigenvalue weighted by molar-refractivity contribution is 6.30. The molecule has 0 aliphatic heterocycles. The van der Waals surface area contributed by atoms with E-state index in [0.29, 0.717) is 16.3 Å². The van der Waals surface area contributed by atoms with Crippen LogP contribution in [0.1, 0.15) is 22.8 Å². The fourth-order valence-corrected chi connectivity index (χ4v) is 1.89. The van der Waals surface area contributed by atoms with Gasteiger partial charge in [-0.3, -0.25) is 4.79 Å². The third-order valence-corrected chi connectivity index (χ3v) is 3.23. The van der Waals surface area contributed by atoms with Gasteiger partial charge in [0.05, 0.1) is 5.71 Å². The van der Waals surface area contributed by atoms with Gasteiger partial charge in [-0.2, -0.15) is 5.10 Å². The van der Waals surface area contributed by atoms with Gasteiger partial charge in [0.2, 0.25) is 0 Å². The molecule has 0 heterocycles. The molecule has 3 nitrogen and oxygen atoms in total. The average Bonchev–Trinajstić information content (AvgIpc) is 2.58. The highest BCUT2D eigenvalue weighted by Crippen LogP contribution is 2.09. The molecule has 0 aromatic heterocycles. The fraction of sp³-hybridized carbons (Fsp3) is 0.0526. The van der Waals surface area contributed by atoms with Crippen LogP contribution in [-0.4, -0.2) is 11.6 Å². The number of amides is 1. The van der Waals surface area contributed by atoms with Crippen LogP contribution < -0.4 is 5.43 Å². The lowest BCUT2D eigenvalue weighted by molar-refractivity contribution is 0.0955. The van der Waals surface area contributed by atoms with Crippen molar-refractivity contribution in [2.75, 3.05) is 0 Å². The predicted octanol–water partition coefficient (Wildman–Crippen LogP) is 4.72. The Hall–Kier alpha value is -2.65. The zero-order chi connectivity index (χ0) is 16.5. The van der Waals surface area contributed by atoms with E-state index >= 15 is 0 Å². The van der Waals surface area contributed by atoms with E-state index in [2.05, 4.69) is 10.5 Å². The summed E-state index contributed by atoms with van der Waals surface area (Å²) < 4.78 is 0. The SMILES string of the molecule is CC(/C=C/C=C/c1ccccc1)=N\NC(=O)c1ccc(Cl)cc1. The van der Waals surface area contributed by atoms with Crippen molar-refractivity contribution in [2.45, 2.75) is 6.92 Å². The van der Waals surface area contributed by atoms with E-state index < -0.39 is 0 Å². The molecule has 0 saturated heterocycles. The molecular formula is C19H17ClN2O. The number of carbonyl (C=O) groups is 1. The Morgan fingerprint density at radius 3 is 2.43 bits per heavy atom. The molecule has 2 aromatic rings. The lowest BCUT2D eigenvalue weighted by Crippen LogP contribution is -2.18. The Labute approximate surface area is 141 Å². The van der Waals surface area contributed by atoms with Crippen molar-refractivity contribution in [2.24, 2.45) is 5.10 Å². The van der Waals surface area contributed by atoms with Crippen molar-refractivity contribution in [3.8, 4) is 0 Å². The molecule has 2 aromatic carbocycles. The smallest absolute Gasteiger partial charge is 0.267 e. The van der Waals surface area contributed by atoms with E-state index in [1.807, 2.05) is 61.6 Å². The van der Waals surface area contributed by atoms with Crippen LogP contribution in [0.2, 0.25) is 5.02 Å². The van der Waals surface area contributed by atoms with E-state index in [-0.39, 0.29) is 5.91 Å². The summed E-state index contributed by atoms with van der Waals surface area (Å²) in [6, 6.07) is 16.7. The Morgan fingerprint density at radius 2 is 1.74 bits per heavy atom. The number of hydrazone groups is 1. The molecule has 0 aliphatic rings. The average molecular weight is 325 g/mol. The van der Waals surface area contributed by atoms with Gasteiger partial charge in [-0.15, -0.1) is 0 Å². The minimum Gasteiger partial charge on any atom is -0.267 e. The maximum absolute atomic E-state index is 11.9. The molecule has 116 valence electrons. The topological polar surface area (TPSA) is 41.5 Å². The fourth-order valence-electron chi connectivity index (χ4n) is 1.77. The normalized spacial score (nSPS) is 12.0. The molecule has 1 amide bonds. The first-order valence-electron chi connectivity index (χ1n) is 7.15. The third-order valence-electron chi connectivity index (χ3n) is 2.98. The van der Waals surface area contributed by atoms with Crippen LogP contribution in [0.3, 0.4) is 0 Å². The van der Waals surface area contributed by atoms with Crippen LogP contribution in [0.5, 0.6) is 0 Å². The molecular weight excluding hydrogens is 308 g/mol. The number of rotatable bonds is 5. The van der Waals surface area contributed by atoms with Crippen molar-refractivity contribution in [1.82, 2.24) is 5.43 Å². The molecule has 23 heavy (non-hydrogen) atoms. The van der Waals surface area contributed by atoms with E-state index in [4.69, 9.17) is 11.6 Å². The molecule has 0 bridgehead atoms. The van der Waals surface area contributed by atoms with E-state index in [9.17, 15) is 4.79 Å². The van der Waals surface area contributed by atoms with Crippen LogP contribution in [0, 0.1) is 0 Å². The second kappa shape index (κ2) is 8.71. The maximum Gasteiger partial charge on any atom is 0.271 e. The first-order chi connectivity index (χ1) is 11.1. The van der Waals surface area contributed by atoms with Crippen LogP contribution in [0.15, 0.2) is 77.9 Å². The van der Waals surface area contributed by atoms with Crippen LogP contribution in [0.25, 0.3) is 6.08 Å². The van der Waals surface area contributed by atoms with Crippen LogP contribution >= 0.6 is 11.6 Å². The third kappa shape index (κ3) is 5.93. The van der Waals surface area contributed by atoms with Gasteiger partial charge < -0.3 is 0 Å². The van der Waals surface area contributed by atoms with Gasteiger partial charge >= 0.3 is 0 Å². The zero-order valence-corrected chi connectivity index (χ0v) is 13.5. The molecule has 0 radical (unpaired) electrons. The van der Waals surface area contributed by atoms with Gasteiger partial charge in [0.25, 0.3) is 5.91 Å². The predicted molar refractivity (Wildman–Crippen MR) is 96.6 cm³/mol. The number of nitrogens with one attached hydrogen (secondary N) is 1. The van der Waals surface area contributed by atoms with Crippen LogP contribution in [-0.2, 0) is 0 Å². The van der Waals surface area contributed by atoms with E-state index in [1.54, 1.807) is 24.3 Å². The number of hydrogen-bond donors (Lipinski definition) is 1. The van der Waals surface area contributed by atoms with Gasteiger partial charge in [-0.05, 0) is 42.8 Å². The Kier molecular flexibility index (Phi) is 6.33. The van der Waals surface area contributed by atoms with Gasteiger partial charge in [0.1, 0.15) is 0 Å². The zero-order valence-electron chi connectivity index (χ0n) is 12.7. The summed E-state index contributed by atoms with van der Waals surface area (Å²) in [5.74, 6) is -0.269. The quantitative estimate of drug-likeness (QED) is 0.483. The van der Waals surface area contributed by atoms with Crippen molar-refractivity contribution >= 4 is 29.3 Å². The first kappa shape index (κ1) is 16.7. The molecule has 4 heteroatoms. The molecule has 0 aliphatic carbocycles. The second-order valence-corrected chi connectivity index (χ2v) is 5.27. The molecule has 0 fully saturated rings. The van der Waals surface area contributed by atoms with E-state index in [1.165, 1.54) is 0 Å². The first-order valence-corrected chi connectivity index (χ1v) is 7.53. The summed E-state index contributed by atoms with van der Waals surface area (Å²) >= 11 is 5.78. The minimum atomic E-state index is -0.269. The Bertz CT molecular complexity index is 732. The summed E-state index contributed by atoms with van der Waals surface area (Å²) in [5, 5.41) is 4.62. The second-order valence-electron chi connectivity index (χ2n) is 4.83. The highest BCUT2D eigenvalue weighted by Gasteiger charge is 2.03. The van der Waals surface area contributed by atoms with Crippen molar-refractivity contribution in [1.29, 1.82) is 0 Å². The number of carbonyl (C=O) groups excluding carboxylic acids is 1. The molecule has 0 atom stereocenters. The summed E-state index contributed by atoms with van der Waals surface area (Å²) in [6.45, 7) is 1.81. The number of halogens is 1. The summed E-state index contributed by atoms with van der Waals surface area (Å²) in [7, 11) is 0. The van der Waals surface area contributed by atoms with Gasteiger partial charge in [0, 0.05) is 10.6 Å². The van der Waals surface area contributed by atoms with Gasteiger partial charge in [-0.1, -0.05) is 60.2 Å². The Morgan fingerprint density at radius 1 is 1.04 bits per heavy atom. The van der Waals surface area contributed by atoms with Gasteiger partial charge in [0.15, 0.2) is 0 Å². The lowest BCUT2D eigenvalue weighted by Gasteiger charge is -2.00. The monoisotopic (exact) mass is 324 g/mol. The van der Waals surface area contributed by atoms with Crippen molar-refractivity contribution < 1.29 is 4.79 Å². The van der Waals surface area contributed by atoms with Crippen molar-refractivity contribution in [3.63, 3.8) is 0 Å². The maximum atomic E-state index is 11.9. The molecule has 0 spiro atoms. The number of hydrogen-bond acceptors (Lipinski definition) is 2. The standard InChI is InChI=1S/C19H17ClN2O/c1-15(7-5-6-10-16-8-3-2-4-9-16)21-22-19(23)17-11-13-18(20)14-12-17/h2-14H,1H3,(H,22,23)/b7-5+,10-6+,21-15+. The van der Waals surface area contributed by atoms with Crippen molar-refractivity contribution in [3.05, 3.63) is 89.0 Å². The van der Waals surface area contributed by atoms with Gasteiger partial charge in [-0.25, -0.2) is 5.43 Å². The number of allylic oxidation sites excluding steroid dienone is 3. The Balaban J connectivity index is 1.87. The van der Waals surface area contributed by atoms with E-state index in [0.717, 1.165) is 5.56 Å². The lowest BCUT2D eigenvalue weighted by atomic mass is 10.2.